The summed E-state index contributed by atoms with van der Waals surface area (Å²) in [6.45, 7) is 0.936. The molecule has 0 radical (unpaired) electrons. The minimum atomic E-state index is -1.16. The molecule has 32 heavy (non-hydrogen) atoms. The van der Waals surface area contributed by atoms with Crippen LogP contribution in [0, 0.1) is 0 Å². The van der Waals surface area contributed by atoms with Gasteiger partial charge in [-0.1, -0.05) is 18.2 Å². The van der Waals surface area contributed by atoms with Crippen LogP contribution < -0.4 is 5.73 Å². The van der Waals surface area contributed by atoms with Crippen LogP contribution in [0.1, 0.15) is 25.5 Å². The van der Waals surface area contributed by atoms with Crippen molar-refractivity contribution in [1.82, 2.24) is 24.6 Å². The summed E-state index contributed by atoms with van der Waals surface area (Å²) in [7, 11) is 0. The zero-order chi connectivity index (χ0) is 22.1. The Morgan fingerprint density at radius 3 is 2.81 bits per heavy atom. The fourth-order valence-corrected chi connectivity index (χ4v) is 5.32. The van der Waals surface area contributed by atoms with Crippen LogP contribution in [0.5, 0.6) is 0 Å². The molecule has 3 aromatic rings. The van der Waals surface area contributed by atoms with Crippen LogP contribution in [0.25, 0.3) is 11.2 Å². The van der Waals surface area contributed by atoms with E-state index in [0.29, 0.717) is 11.2 Å². The molecule has 0 amide bonds. The second-order valence-corrected chi connectivity index (χ2v) is 9.20. The van der Waals surface area contributed by atoms with Crippen molar-refractivity contribution in [3.63, 3.8) is 0 Å². The molecule has 0 spiro atoms. The SMILES string of the molecule is Nc1ncnc2c1ncn2[C@@H]1O[C@H](CON2CCCCC2Sc2ccccc2)[C@@H](O)[C@H]1O. The fourth-order valence-electron chi connectivity index (χ4n) is 4.12. The van der Waals surface area contributed by atoms with Crippen LogP contribution >= 0.6 is 11.8 Å². The summed E-state index contributed by atoms with van der Waals surface area (Å²) >= 11 is 1.77. The van der Waals surface area contributed by atoms with Crippen molar-refractivity contribution in [3.8, 4) is 0 Å². The fraction of sp³-hybridized carbons (Fsp3) is 0.476. The first-order valence-electron chi connectivity index (χ1n) is 10.7. The molecule has 170 valence electrons. The standard InChI is InChI=1S/C21H26N6O4S/c22-19-16-20(24-11-23-19)26(12-25-16)21-18(29)17(28)14(31-21)10-30-27-9-5-4-8-15(27)32-13-6-2-1-3-7-13/h1-3,6-7,11-12,14-15,17-18,21,28-29H,4-5,8-10H2,(H2,22,23,24)/t14-,15?,17-,18-,21-/m1/s1. The summed E-state index contributed by atoms with van der Waals surface area (Å²) in [5, 5.41) is 23.4. The molecule has 5 atom stereocenters. The van der Waals surface area contributed by atoms with E-state index in [9.17, 15) is 10.2 Å². The molecule has 2 saturated heterocycles. The van der Waals surface area contributed by atoms with Crippen LogP contribution in [0.2, 0.25) is 0 Å². The first-order valence-corrected chi connectivity index (χ1v) is 11.6. The first kappa shape index (κ1) is 21.6. The van der Waals surface area contributed by atoms with E-state index in [1.807, 2.05) is 23.3 Å². The number of aliphatic hydroxyl groups excluding tert-OH is 2. The van der Waals surface area contributed by atoms with Crippen molar-refractivity contribution in [2.45, 2.75) is 54.1 Å². The second kappa shape index (κ2) is 9.30. The summed E-state index contributed by atoms with van der Waals surface area (Å²) < 4.78 is 7.55. The third-order valence-corrected chi connectivity index (χ3v) is 7.11. The number of hydrogen-bond acceptors (Lipinski definition) is 10. The van der Waals surface area contributed by atoms with E-state index in [4.69, 9.17) is 15.3 Å². The summed E-state index contributed by atoms with van der Waals surface area (Å²) in [6.07, 6.45) is 2.20. The molecule has 0 saturated carbocycles. The maximum Gasteiger partial charge on any atom is 0.167 e. The van der Waals surface area contributed by atoms with Gasteiger partial charge in [0.2, 0.25) is 0 Å². The van der Waals surface area contributed by atoms with E-state index >= 15 is 0 Å². The zero-order valence-corrected chi connectivity index (χ0v) is 18.2. The maximum absolute atomic E-state index is 10.6. The van der Waals surface area contributed by atoms with E-state index in [2.05, 4.69) is 27.1 Å². The number of ether oxygens (including phenoxy) is 1. The number of rotatable bonds is 6. The molecule has 2 aliphatic heterocycles. The lowest BCUT2D eigenvalue weighted by atomic mass is 10.1. The normalized spacial score (nSPS) is 29.0. The number of hydroxylamine groups is 2. The van der Waals surface area contributed by atoms with Gasteiger partial charge in [-0.15, -0.1) is 11.8 Å². The molecule has 2 fully saturated rings. The zero-order valence-electron chi connectivity index (χ0n) is 17.4. The smallest absolute Gasteiger partial charge is 0.167 e. The van der Waals surface area contributed by atoms with E-state index in [1.54, 1.807) is 16.3 Å². The number of thioether (sulfide) groups is 1. The monoisotopic (exact) mass is 458 g/mol. The number of imidazole rings is 1. The molecule has 10 nitrogen and oxygen atoms in total. The van der Waals surface area contributed by atoms with Gasteiger partial charge in [-0.25, -0.2) is 15.0 Å². The molecule has 2 aromatic heterocycles. The van der Waals surface area contributed by atoms with Crippen LogP contribution in [0.3, 0.4) is 0 Å². The highest BCUT2D eigenvalue weighted by Crippen LogP contribution is 2.35. The van der Waals surface area contributed by atoms with Crippen molar-refractivity contribution in [1.29, 1.82) is 0 Å². The lowest BCUT2D eigenvalue weighted by Gasteiger charge is -2.34. The van der Waals surface area contributed by atoms with E-state index in [-0.39, 0.29) is 17.8 Å². The molecule has 1 aromatic carbocycles. The van der Waals surface area contributed by atoms with Crippen molar-refractivity contribution in [2.24, 2.45) is 0 Å². The van der Waals surface area contributed by atoms with Gasteiger partial charge in [0.25, 0.3) is 0 Å². The van der Waals surface area contributed by atoms with Gasteiger partial charge in [0.15, 0.2) is 17.7 Å². The minimum absolute atomic E-state index is 0.129. The topological polar surface area (TPSA) is 132 Å². The quantitative estimate of drug-likeness (QED) is 0.500. The van der Waals surface area contributed by atoms with Crippen molar-refractivity contribution in [3.05, 3.63) is 43.0 Å². The molecular formula is C21H26N6O4S. The van der Waals surface area contributed by atoms with Crippen LogP contribution in [0.15, 0.2) is 47.9 Å². The number of piperidine rings is 1. The Kier molecular flexibility index (Phi) is 6.26. The number of benzene rings is 1. The Bertz CT molecular complexity index is 1050. The predicted octanol–water partition coefficient (Wildman–Crippen LogP) is 1.56. The van der Waals surface area contributed by atoms with E-state index < -0.39 is 24.5 Å². The van der Waals surface area contributed by atoms with Gasteiger partial charge in [-0.2, -0.15) is 5.06 Å². The molecule has 5 rings (SSSR count). The van der Waals surface area contributed by atoms with E-state index in [0.717, 1.165) is 25.8 Å². The maximum atomic E-state index is 10.6. The molecule has 0 bridgehead atoms. The average molecular weight is 459 g/mol. The van der Waals surface area contributed by atoms with Gasteiger partial charge in [0.1, 0.15) is 30.2 Å². The Balaban J connectivity index is 1.25. The first-order chi connectivity index (χ1) is 15.6. The van der Waals surface area contributed by atoms with Crippen molar-refractivity contribution in [2.75, 3.05) is 18.9 Å². The number of aliphatic hydroxyl groups is 2. The number of aromatic nitrogens is 4. The van der Waals surface area contributed by atoms with Crippen molar-refractivity contribution >= 4 is 28.7 Å². The van der Waals surface area contributed by atoms with Crippen LogP contribution in [0.4, 0.5) is 5.82 Å². The Hall–Kier alpha value is -2.28. The molecule has 11 heteroatoms. The molecule has 2 aliphatic rings. The summed E-state index contributed by atoms with van der Waals surface area (Å²) in [5.74, 6) is 0.244. The highest BCUT2D eigenvalue weighted by Gasteiger charge is 2.45. The predicted molar refractivity (Wildman–Crippen MR) is 118 cm³/mol. The number of hydrogen-bond donors (Lipinski definition) is 3. The molecule has 4 heterocycles. The highest BCUT2D eigenvalue weighted by molar-refractivity contribution is 7.99. The van der Waals surface area contributed by atoms with Gasteiger partial charge in [0, 0.05) is 11.4 Å². The van der Waals surface area contributed by atoms with E-state index in [1.165, 1.54) is 17.6 Å². The van der Waals surface area contributed by atoms with Crippen LogP contribution in [-0.4, -0.2) is 71.6 Å². The molecule has 4 N–H and O–H groups in total. The number of nitrogen functional groups attached to an aromatic ring is 1. The summed E-state index contributed by atoms with van der Waals surface area (Å²) in [5.41, 5.74) is 6.71. The van der Waals surface area contributed by atoms with Gasteiger partial charge < -0.3 is 20.7 Å². The highest BCUT2D eigenvalue weighted by atomic mass is 32.2. The van der Waals surface area contributed by atoms with Gasteiger partial charge in [-0.05, 0) is 31.4 Å². The van der Waals surface area contributed by atoms with Crippen LogP contribution in [-0.2, 0) is 9.57 Å². The third-order valence-electron chi connectivity index (χ3n) is 5.82. The average Bonchev–Trinajstić information content (AvgIpc) is 3.36. The number of fused-ring (bicyclic) bond motifs is 1. The number of anilines is 1. The third kappa shape index (κ3) is 4.19. The lowest BCUT2D eigenvalue weighted by molar-refractivity contribution is -0.206. The van der Waals surface area contributed by atoms with Crippen molar-refractivity contribution < 1.29 is 19.8 Å². The van der Waals surface area contributed by atoms with Gasteiger partial charge in [0.05, 0.1) is 18.3 Å². The summed E-state index contributed by atoms with van der Waals surface area (Å²) in [4.78, 5) is 19.6. The Labute approximate surface area is 189 Å². The lowest BCUT2D eigenvalue weighted by Crippen LogP contribution is -2.41. The molecular weight excluding hydrogens is 432 g/mol. The second-order valence-electron chi connectivity index (χ2n) is 7.95. The minimum Gasteiger partial charge on any atom is -0.387 e. The molecule has 0 aliphatic carbocycles. The Morgan fingerprint density at radius 1 is 1.12 bits per heavy atom. The Morgan fingerprint density at radius 2 is 1.97 bits per heavy atom. The van der Waals surface area contributed by atoms with Gasteiger partial charge in [-0.3, -0.25) is 9.40 Å². The number of nitrogens with two attached hydrogens (primary N) is 1. The summed E-state index contributed by atoms with van der Waals surface area (Å²) in [6, 6.07) is 10.2. The van der Waals surface area contributed by atoms with Gasteiger partial charge >= 0.3 is 0 Å². The number of nitrogens with zero attached hydrogens (tertiary/aromatic N) is 5. The molecule has 1 unspecified atom stereocenters. The largest absolute Gasteiger partial charge is 0.387 e.